The molecular weight excluding hydrogens is 252 g/mol. The van der Waals surface area contributed by atoms with Crippen LogP contribution >= 0.6 is 11.3 Å². The van der Waals surface area contributed by atoms with E-state index in [1.54, 1.807) is 11.3 Å². The van der Waals surface area contributed by atoms with Gasteiger partial charge in [-0.15, -0.1) is 11.3 Å². The third-order valence-corrected chi connectivity index (χ3v) is 5.55. The fourth-order valence-corrected chi connectivity index (χ4v) is 3.81. The molecule has 1 N–H and O–H groups in total. The fourth-order valence-electron chi connectivity index (χ4n) is 3.11. The number of thiazole rings is 1. The van der Waals surface area contributed by atoms with E-state index in [0.717, 1.165) is 24.4 Å². The lowest BCUT2D eigenvalue weighted by Gasteiger charge is -2.20. The van der Waals surface area contributed by atoms with Gasteiger partial charge in [0.15, 0.2) is 0 Å². The van der Waals surface area contributed by atoms with Crippen molar-refractivity contribution in [1.82, 2.24) is 10.3 Å². The normalized spacial score (nSPS) is 26.3. The molecule has 1 aliphatic rings. The summed E-state index contributed by atoms with van der Waals surface area (Å²) >= 11 is 1.77. The van der Waals surface area contributed by atoms with E-state index in [9.17, 15) is 0 Å². The second-order valence-electron chi connectivity index (χ2n) is 6.39. The summed E-state index contributed by atoms with van der Waals surface area (Å²) in [5.74, 6) is 2.35. The van der Waals surface area contributed by atoms with Gasteiger partial charge in [-0.1, -0.05) is 33.6 Å². The van der Waals surface area contributed by atoms with E-state index in [2.05, 4.69) is 36.5 Å². The van der Waals surface area contributed by atoms with Crippen LogP contribution in [0.1, 0.15) is 63.8 Å². The molecule has 1 fully saturated rings. The van der Waals surface area contributed by atoms with Gasteiger partial charge in [-0.3, -0.25) is 0 Å². The second-order valence-corrected chi connectivity index (χ2v) is 7.32. The van der Waals surface area contributed by atoms with Gasteiger partial charge in [-0.25, -0.2) is 4.98 Å². The molecule has 3 atom stereocenters. The number of hydrogen-bond acceptors (Lipinski definition) is 3. The maximum atomic E-state index is 4.41. The molecule has 1 heterocycles. The quantitative estimate of drug-likeness (QED) is 0.806. The first-order valence-corrected chi connectivity index (χ1v) is 8.67. The Morgan fingerprint density at radius 2 is 2.11 bits per heavy atom. The van der Waals surface area contributed by atoms with E-state index in [1.165, 1.54) is 37.1 Å². The molecule has 1 aromatic heterocycles. The maximum absolute atomic E-state index is 4.41. The van der Waals surface area contributed by atoms with E-state index in [-0.39, 0.29) is 0 Å². The molecule has 108 valence electrons. The minimum atomic E-state index is 0.546. The molecule has 0 aliphatic heterocycles. The first-order valence-electron chi connectivity index (χ1n) is 7.79. The van der Waals surface area contributed by atoms with Crippen LogP contribution in [-0.4, -0.2) is 17.6 Å². The van der Waals surface area contributed by atoms with Gasteiger partial charge in [-0.2, -0.15) is 0 Å². The van der Waals surface area contributed by atoms with Crippen LogP contribution < -0.4 is 5.32 Å². The van der Waals surface area contributed by atoms with E-state index in [0.29, 0.717) is 5.92 Å². The van der Waals surface area contributed by atoms with Crippen molar-refractivity contribution in [3.05, 3.63) is 16.6 Å². The molecule has 0 spiro atoms. The van der Waals surface area contributed by atoms with Crippen LogP contribution in [-0.2, 0) is 0 Å². The zero-order chi connectivity index (χ0) is 13.7. The summed E-state index contributed by atoms with van der Waals surface area (Å²) in [6.45, 7) is 8.11. The monoisotopic (exact) mass is 280 g/mol. The third-order valence-electron chi connectivity index (χ3n) is 4.54. The Morgan fingerprint density at radius 3 is 2.79 bits per heavy atom. The highest BCUT2D eigenvalue weighted by molar-refractivity contribution is 7.09. The Kier molecular flexibility index (Phi) is 5.83. The third kappa shape index (κ3) is 4.57. The van der Waals surface area contributed by atoms with Crippen molar-refractivity contribution in [2.24, 2.45) is 11.8 Å². The average molecular weight is 280 g/mol. The Balaban J connectivity index is 1.74. The molecule has 0 radical (unpaired) electrons. The summed E-state index contributed by atoms with van der Waals surface area (Å²) in [5.41, 5.74) is 0. The number of nitrogens with zero attached hydrogens (tertiary/aromatic N) is 1. The van der Waals surface area contributed by atoms with Crippen molar-refractivity contribution in [3.63, 3.8) is 0 Å². The Morgan fingerprint density at radius 1 is 1.26 bits per heavy atom. The van der Waals surface area contributed by atoms with Crippen molar-refractivity contribution < 1.29 is 0 Å². The molecular formula is C16H28N2S. The van der Waals surface area contributed by atoms with Gasteiger partial charge < -0.3 is 5.32 Å². The van der Waals surface area contributed by atoms with Gasteiger partial charge in [0.25, 0.3) is 0 Å². The SMILES string of the molecule is CC(CNC1CCCC(C(C)C)CC1)c1nccs1. The van der Waals surface area contributed by atoms with Gasteiger partial charge in [0.2, 0.25) is 0 Å². The standard InChI is InChI=1S/C16H28N2S/c1-12(2)14-5-4-6-15(8-7-14)18-11-13(3)16-17-9-10-19-16/h9-10,12-15,18H,4-8,11H2,1-3H3. The number of aromatic nitrogens is 1. The summed E-state index contributed by atoms with van der Waals surface area (Å²) in [5, 5.41) is 7.11. The van der Waals surface area contributed by atoms with Crippen molar-refractivity contribution in [2.45, 2.75) is 64.8 Å². The zero-order valence-corrected chi connectivity index (χ0v) is 13.4. The minimum Gasteiger partial charge on any atom is -0.313 e. The molecule has 1 saturated carbocycles. The minimum absolute atomic E-state index is 0.546. The highest BCUT2D eigenvalue weighted by Crippen LogP contribution is 2.29. The van der Waals surface area contributed by atoms with Crippen LogP contribution in [0.5, 0.6) is 0 Å². The van der Waals surface area contributed by atoms with E-state index in [1.807, 2.05) is 6.20 Å². The fraction of sp³-hybridized carbons (Fsp3) is 0.812. The number of rotatable bonds is 5. The first kappa shape index (κ1) is 15.0. The van der Waals surface area contributed by atoms with Crippen LogP contribution in [0.4, 0.5) is 0 Å². The lowest BCUT2D eigenvalue weighted by molar-refractivity contribution is 0.337. The van der Waals surface area contributed by atoms with Crippen LogP contribution in [0, 0.1) is 11.8 Å². The van der Waals surface area contributed by atoms with E-state index >= 15 is 0 Å². The first-order chi connectivity index (χ1) is 9.16. The smallest absolute Gasteiger partial charge is 0.0965 e. The zero-order valence-electron chi connectivity index (χ0n) is 12.6. The molecule has 0 saturated heterocycles. The molecule has 0 amide bonds. The van der Waals surface area contributed by atoms with Crippen molar-refractivity contribution >= 4 is 11.3 Å². The average Bonchev–Trinajstić information content (AvgIpc) is 2.81. The Bertz CT molecular complexity index is 348. The van der Waals surface area contributed by atoms with Crippen LogP contribution in [0.15, 0.2) is 11.6 Å². The summed E-state index contributed by atoms with van der Waals surface area (Å²) in [6, 6.07) is 0.728. The topological polar surface area (TPSA) is 24.9 Å². The molecule has 2 rings (SSSR count). The van der Waals surface area contributed by atoms with Gasteiger partial charge >= 0.3 is 0 Å². The molecule has 2 nitrogen and oxygen atoms in total. The molecule has 19 heavy (non-hydrogen) atoms. The predicted molar refractivity (Wildman–Crippen MR) is 83.7 cm³/mol. The lowest BCUT2D eigenvalue weighted by Crippen LogP contribution is -2.31. The molecule has 3 heteroatoms. The van der Waals surface area contributed by atoms with Crippen LogP contribution in [0.25, 0.3) is 0 Å². The maximum Gasteiger partial charge on any atom is 0.0965 e. The molecule has 0 bridgehead atoms. The van der Waals surface area contributed by atoms with Crippen LogP contribution in [0.2, 0.25) is 0 Å². The summed E-state index contributed by atoms with van der Waals surface area (Å²) in [6.07, 6.45) is 8.85. The van der Waals surface area contributed by atoms with E-state index in [4.69, 9.17) is 0 Å². The summed E-state index contributed by atoms with van der Waals surface area (Å²) < 4.78 is 0. The Hall–Kier alpha value is -0.410. The van der Waals surface area contributed by atoms with E-state index < -0.39 is 0 Å². The van der Waals surface area contributed by atoms with Crippen molar-refractivity contribution in [1.29, 1.82) is 0 Å². The van der Waals surface area contributed by atoms with Crippen molar-refractivity contribution in [3.8, 4) is 0 Å². The highest BCUT2D eigenvalue weighted by atomic mass is 32.1. The predicted octanol–water partition coefficient (Wildman–Crippen LogP) is 4.44. The van der Waals surface area contributed by atoms with Gasteiger partial charge in [0, 0.05) is 30.1 Å². The van der Waals surface area contributed by atoms with Gasteiger partial charge in [0.05, 0.1) is 5.01 Å². The highest BCUT2D eigenvalue weighted by Gasteiger charge is 2.21. The molecule has 0 aromatic carbocycles. The van der Waals surface area contributed by atoms with Crippen molar-refractivity contribution in [2.75, 3.05) is 6.54 Å². The number of hydrogen-bond donors (Lipinski definition) is 1. The van der Waals surface area contributed by atoms with Gasteiger partial charge in [-0.05, 0) is 31.1 Å². The number of nitrogens with one attached hydrogen (secondary N) is 1. The Labute approximate surface area is 122 Å². The largest absolute Gasteiger partial charge is 0.313 e. The van der Waals surface area contributed by atoms with Gasteiger partial charge in [0.1, 0.15) is 0 Å². The second kappa shape index (κ2) is 7.39. The summed E-state index contributed by atoms with van der Waals surface area (Å²) in [4.78, 5) is 4.41. The lowest BCUT2D eigenvalue weighted by atomic mass is 9.89. The van der Waals surface area contributed by atoms with Crippen LogP contribution in [0.3, 0.4) is 0 Å². The molecule has 3 unspecified atom stereocenters. The molecule has 1 aliphatic carbocycles. The molecule has 1 aromatic rings. The summed E-state index contributed by atoms with van der Waals surface area (Å²) in [7, 11) is 0.